The summed E-state index contributed by atoms with van der Waals surface area (Å²) >= 11 is 0. The Labute approximate surface area is 199 Å². The highest BCUT2D eigenvalue weighted by molar-refractivity contribution is 6.04. The standard InChI is InChI=1S/C28H39N3O2/c1-21-17-31(18-22(2)33-21)19-23-13-15-24(16-14-23)28(32)29-27-12-8-7-9-25(27)20-30(3)26-10-5-4-6-11-26/h7-9,12-16,21-22,26H,4-6,10-11,17-20H2,1-3H3,(H,29,32). The van der Waals surface area contributed by atoms with Crippen molar-refractivity contribution in [2.24, 2.45) is 0 Å². The third-order valence-electron chi connectivity index (χ3n) is 7.00. The third kappa shape index (κ3) is 6.66. The van der Waals surface area contributed by atoms with Gasteiger partial charge in [-0.1, -0.05) is 49.6 Å². The topological polar surface area (TPSA) is 44.8 Å². The molecule has 1 amide bonds. The molecule has 1 saturated carbocycles. The molecule has 0 aromatic heterocycles. The summed E-state index contributed by atoms with van der Waals surface area (Å²) in [5.74, 6) is -0.0528. The number of morpholine rings is 1. The number of carbonyl (C=O) groups is 1. The number of para-hydroxylation sites is 1. The number of nitrogens with one attached hydrogen (secondary N) is 1. The fourth-order valence-electron chi connectivity index (χ4n) is 5.33. The van der Waals surface area contributed by atoms with Gasteiger partial charge in [0.2, 0.25) is 0 Å². The van der Waals surface area contributed by atoms with Crippen LogP contribution in [-0.2, 0) is 17.8 Å². The number of hydrogen-bond acceptors (Lipinski definition) is 4. The van der Waals surface area contributed by atoms with E-state index in [1.807, 2.05) is 24.3 Å². The lowest BCUT2D eigenvalue weighted by atomic mass is 9.94. The maximum absolute atomic E-state index is 13.0. The van der Waals surface area contributed by atoms with E-state index in [0.717, 1.165) is 31.9 Å². The molecule has 33 heavy (non-hydrogen) atoms. The molecule has 4 rings (SSSR count). The number of amides is 1. The fraction of sp³-hybridized carbons (Fsp3) is 0.536. The van der Waals surface area contributed by atoms with E-state index in [0.29, 0.717) is 11.6 Å². The van der Waals surface area contributed by atoms with Gasteiger partial charge in [-0.2, -0.15) is 0 Å². The van der Waals surface area contributed by atoms with E-state index < -0.39 is 0 Å². The molecule has 2 aliphatic rings. The zero-order chi connectivity index (χ0) is 23.2. The molecule has 2 unspecified atom stereocenters. The number of carbonyl (C=O) groups excluding carboxylic acids is 1. The summed E-state index contributed by atoms with van der Waals surface area (Å²) in [4.78, 5) is 17.9. The zero-order valence-corrected chi connectivity index (χ0v) is 20.4. The number of nitrogens with zero attached hydrogens (tertiary/aromatic N) is 2. The second-order valence-electron chi connectivity index (χ2n) is 9.97. The average molecular weight is 450 g/mol. The molecule has 1 aliphatic heterocycles. The Balaban J connectivity index is 1.36. The zero-order valence-electron chi connectivity index (χ0n) is 20.4. The molecule has 1 aliphatic carbocycles. The van der Waals surface area contributed by atoms with E-state index in [4.69, 9.17) is 4.74 Å². The van der Waals surface area contributed by atoms with Crippen LogP contribution in [0, 0.1) is 0 Å². The van der Waals surface area contributed by atoms with Gasteiger partial charge in [-0.3, -0.25) is 14.6 Å². The smallest absolute Gasteiger partial charge is 0.255 e. The second-order valence-corrected chi connectivity index (χ2v) is 9.97. The number of hydrogen-bond donors (Lipinski definition) is 1. The van der Waals surface area contributed by atoms with Gasteiger partial charge in [0.25, 0.3) is 5.91 Å². The molecule has 178 valence electrons. The van der Waals surface area contributed by atoms with Crippen molar-refractivity contribution in [3.63, 3.8) is 0 Å². The van der Waals surface area contributed by atoms with Crippen molar-refractivity contribution in [2.75, 3.05) is 25.5 Å². The van der Waals surface area contributed by atoms with Crippen molar-refractivity contribution in [1.29, 1.82) is 0 Å². The van der Waals surface area contributed by atoms with Crippen LogP contribution in [0.2, 0.25) is 0 Å². The van der Waals surface area contributed by atoms with Crippen molar-refractivity contribution >= 4 is 11.6 Å². The Hall–Kier alpha value is -2.21. The molecule has 2 atom stereocenters. The van der Waals surface area contributed by atoms with Crippen LogP contribution < -0.4 is 5.32 Å². The number of benzene rings is 2. The lowest BCUT2D eigenvalue weighted by molar-refractivity contribution is -0.0704. The van der Waals surface area contributed by atoms with Gasteiger partial charge in [0, 0.05) is 43.5 Å². The van der Waals surface area contributed by atoms with Crippen molar-refractivity contribution < 1.29 is 9.53 Å². The molecule has 5 heteroatoms. The first-order valence-electron chi connectivity index (χ1n) is 12.5. The molecule has 2 aromatic carbocycles. The van der Waals surface area contributed by atoms with Crippen molar-refractivity contribution in [2.45, 2.75) is 77.3 Å². The lowest BCUT2D eigenvalue weighted by Gasteiger charge is -2.35. The SMILES string of the molecule is CC1CN(Cc2ccc(C(=O)Nc3ccccc3CN(C)C3CCCCC3)cc2)CC(C)O1. The highest BCUT2D eigenvalue weighted by Gasteiger charge is 2.22. The first-order valence-corrected chi connectivity index (χ1v) is 12.5. The maximum Gasteiger partial charge on any atom is 0.255 e. The fourth-order valence-corrected chi connectivity index (χ4v) is 5.33. The molecule has 1 N–H and O–H groups in total. The van der Waals surface area contributed by atoms with Crippen molar-refractivity contribution in [1.82, 2.24) is 9.80 Å². The van der Waals surface area contributed by atoms with E-state index in [1.54, 1.807) is 0 Å². The third-order valence-corrected chi connectivity index (χ3v) is 7.00. The summed E-state index contributed by atoms with van der Waals surface area (Å²) in [6.07, 6.45) is 7.09. The molecular formula is C28H39N3O2. The molecule has 5 nitrogen and oxygen atoms in total. The monoisotopic (exact) mass is 449 g/mol. The summed E-state index contributed by atoms with van der Waals surface area (Å²) in [6.45, 7) is 7.88. The minimum atomic E-state index is -0.0528. The number of ether oxygens (including phenoxy) is 1. The molecule has 1 saturated heterocycles. The molecule has 2 aromatic rings. The van der Waals surface area contributed by atoms with E-state index in [1.165, 1.54) is 43.2 Å². The molecule has 0 spiro atoms. The minimum absolute atomic E-state index is 0.0528. The average Bonchev–Trinajstić information content (AvgIpc) is 2.80. The van der Waals surface area contributed by atoms with E-state index in [-0.39, 0.29) is 18.1 Å². The van der Waals surface area contributed by atoms with E-state index in [2.05, 4.69) is 60.3 Å². The summed E-state index contributed by atoms with van der Waals surface area (Å²) in [5, 5.41) is 3.16. The Bertz CT molecular complexity index is 898. The summed E-state index contributed by atoms with van der Waals surface area (Å²) in [6, 6.07) is 16.9. The van der Waals surface area contributed by atoms with Crippen LogP contribution in [0.3, 0.4) is 0 Å². The molecule has 1 heterocycles. The number of rotatable bonds is 7. The maximum atomic E-state index is 13.0. The van der Waals surface area contributed by atoms with Crippen LogP contribution in [0.4, 0.5) is 5.69 Å². The van der Waals surface area contributed by atoms with Gasteiger partial charge in [-0.05, 0) is 63.1 Å². The number of anilines is 1. The van der Waals surface area contributed by atoms with E-state index >= 15 is 0 Å². The van der Waals surface area contributed by atoms with Gasteiger partial charge in [-0.15, -0.1) is 0 Å². The van der Waals surface area contributed by atoms with Gasteiger partial charge in [0.1, 0.15) is 0 Å². The Morgan fingerprint density at radius 1 is 1.00 bits per heavy atom. The minimum Gasteiger partial charge on any atom is -0.373 e. The predicted octanol–water partition coefficient (Wildman–Crippen LogP) is 5.31. The van der Waals surface area contributed by atoms with Gasteiger partial charge in [0.15, 0.2) is 0 Å². The van der Waals surface area contributed by atoms with Crippen LogP contribution in [-0.4, -0.2) is 54.1 Å². The van der Waals surface area contributed by atoms with Gasteiger partial charge >= 0.3 is 0 Å². The van der Waals surface area contributed by atoms with Crippen LogP contribution in [0.1, 0.15) is 67.4 Å². The van der Waals surface area contributed by atoms with Crippen molar-refractivity contribution in [3.05, 3.63) is 65.2 Å². The van der Waals surface area contributed by atoms with Crippen LogP contribution >= 0.6 is 0 Å². The largest absolute Gasteiger partial charge is 0.373 e. The predicted molar refractivity (Wildman–Crippen MR) is 134 cm³/mol. The summed E-state index contributed by atoms with van der Waals surface area (Å²) in [7, 11) is 2.21. The van der Waals surface area contributed by atoms with Crippen LogP contribution in [0.25, 0.3) is 0 Å². The lowest BCUT2D eigenvalue weighted by Crippen LogP contribution is -2.44. The second kappa shape index (κ2) is 11.3. The first-order chi connectivity index (χ1) is 16.0. The molecule has 2 fully saturated rings. The molecule has 0 radical (unpaired) electrons. The normalized spacial score (nSPS) is 22.4. The first kappa shape index (κ1) is 23.9. The summed E-state index contributed by atoms with van der Waals surface area (Å²) < 4.78 is 5.83. The highest BCUT2D eigenvalue weighted by Crippen LogP contribution is 2.25. The van der Waals surface area contributed by atoms with Crippen LogP contribution in [0.15, 0.2) is 48.5 Å². The summed E-state index contributed by atoms with van der Waals surface area (Å²) in [5.41, 5.74) is 4.00. The Morgan fingerprint density at radius 3 is 2.36 bits per heavy atom. The van der Waals surface area contributed by atoms with Crippen molar-refractivity contribution in [3.8, 4) is 0 Å². The Morgan fingerprint density at radius 2 is 1.67 bits per heavy atom. The molecule has 0 bridgehead atoms. The quantitative estimate of drug-likeness (QED) is 0.622. The van der Waals surface area contributed by atoms with Gasteiger partial charge < -0.3 is 10.1 Å². The highest BCUT2D eigenvalue weighted by atomic mass is 16.5. The van der Waals surface area contributed by atoms with Crippen LogP contribution in [0.5, 0.6) is 0 Å². The van der Waals surface area contributed by atoms with Gasteiger partial charge in [-0.25, -0.2) is 0 Å². The Kier molecular flexibility index (Phi) is 8.18. The van der Waals surface area contributed by atoms with Gasteiger partial charge in [0.05, 0.1) is 12.2 Å². The molecular weight excluding hydrogens is 410 g/mol. The van der Waals surface area contributed by atoms with E-state index in [9.17, 15) is 4.79 Å².